The second-order valence-electron chi connectivity index (χ2n) is 5.21. The van der Waals surface area contributed by atoms with Crippen molar-refractivity contribution < 1.29 is 33.3 Å². The Balaban J connectivity index is 2.02. The van der Waals surface area contributed by atoms with Gasteiger partial charge >= 0.3 is 0 Å². The van der Waals surface area contributed by atoms with Gasteiger partial charge in [-0.25, -0.2) is 0 Å². The third-order valence-electron chi connectivity index (χ3n) is 3.69. The molecule has 0 radical (unpaired) electrons. The molecule has 0 bridgehead atoms. The molecule has 0 fully saturated rings. The fraction of sp³-hybridized carbons (Fsp3) is 0.200. The molecule has 0 saturated carbocycles. The van der Waals surface area contributed by atoms with Gasteiger partial charge in [-0.1, -0.05) is 0 Å². The number of benzene rings is 2. The molecule has 0 saturated heterocycles. The van der Waals surface area contributed by atoms with Gasteiger partial charge < -0.3 is 33.3 Å². The van der Waals surface area contributed by atoms with E-state index >= 15 is 0 Å². The number of aliphatic hydroxyl groups is 1. The first-order chi connectivity index (χ1) is 10.9. The minimum Gasteiger partial charge on any atom is -0.507 e. The first-order valence-electron chi connectivity index (χ1n) is 6.64. The molecule has 0 aromatic heterocycles. The molecule has 2 atom stereocenters. The summed E-state index contributed by atoms with van der Waals surface area (Å²) in [7, 11) is 0. The minimum atomic E-state index is -1.01. The maximum absolute atomic E-state index is 10.3. The zero-order valence-electron chi connectivity index (χ0n) is 11.6. The lowest BCUT2D eigenvalue weighted by Crippen LogP contribution is -2.30. The molecule has 8 heteroatoms. The summed E-state index contributed by atoms with van der Waals surface area (Å²) in [6.07, 6.45) is -1.78. The van der Waals surface area contributed by atoms with E-state index in [1.54, 1.807) is 29.1 Å². The van der Waals surface area contributed by atoms with Gasteiger partial charge in [0.05, 0.1) is 6.10 Å². The highest BCUT2D eigenvalue weighted by atomic mass is 127. The summed E-state index contributed by atoms with van der Waals surface area (Å²) >= 11 is 1.67. The van der Waals surface area contributed by atoms with Crippen molar-refractivity contribution in [2.75, 3.05) is 0 Å². The molecule has 1 aliphatic heterocycles. The third-order valence-corrected chi connectivity index (χ3v) is 4.19. The van der Waals surface area contributed by atoms with Crippen molar-refractivity contribution >= 4 is 23.0 Å². The highest BCUT2D eigenvalue weighted by molar-refractivity contribution is 14.1. The van der Waals surface area contributed by atoms with Crippen LogP contribution in [0, 0.1) is 0 Å². The number of hydrogen-bond donors (Lipinski definition) is 5. The Morgan fingerprint density at radius 3 is 2.26 bits per heavy atom. The van der Waals surface area contributed by atoms with Crippen LogP contribution in [0.4, 0.5) is 0 Å². The number of ether oxygens (including phenoxy) is 1. The molecule has 3 rings (SSSR count). The van der Waals surface area contributed by atoms with Gasteiger partial charge in [0.1, 0.15) is 17.2 Å². The van der Waals surface area contributed by atoms with E-state index in [0.29, 0.717) is 17.1 Å². The van der Waals surface area contributed by atoms with Crippen molar-refractivity contribution in [1.82, 2.24) is 0 Å². The van der Waals surface area contributed by atoms with Gasteiger partial charge in [0.15, 0.2) is 46.4 Å². The van der Waals surface area contributed by atoms with Gasteiger partial charge in [0, 0.05) is 29.7 Å². The molecule has 7 nitrogen and oxygen atoms in total. The fourth-order valence-corrected chi connectivity index (χ4v) is 2.83. The maximum atomic E-state index is 10.3. The zero-order chi connectivity index (χ0) is 16.7. The first-order valence-corrected chi connectivity index (χ1v) is 7.52. The molecule has 1 heterocycles. The van der Waals surface area contributed by atoms with Crippen molar-refractivity contribution in [3.8, 4) is 34.5 Å². The van der Waals surface area contributed by atoms with Crippen LogP contribution in [0.25, 0.3) is 0 Å². The quantitative estimate of drug-likeness (QED) is 0.365. The van der Waals surface area contributed by atoms with Gasteiger partial charge in [-0.2, -0.15) is 0 Å². The van der Waals surface area contributed by atoms with Crippen LogP contribution >= 0.6 is 23.0 Å². The van der Waals surface area contributed by atoms with Gasteiger partial charge in [0.25, 0.3) is 0 Å². The zero-order valence-corrected chi connectivity index (χ0v) is 13.8. The molecule has 0 aliphatic carbocycles. The number of aromatic hydroxyl groups is 4. The van der Waals surface area contributed by atoms with Crippen molar-refractivity contribution in [2.24, 2.45) is 0 Å². The van der Waals surface area contributed by atoms with E-state index in [-0.39, 0.29) is 17.7 Å². The molecule has 5 N–H and O–H groups in total. The average molecular weight is 432 g/mol. The molecule has 1 aliphatic rings. The van der Waals surface area contributed by atoms with Crippen molar-refractivity contribution in [3.63, 3.8) is 0 Å². The van der Waals surface area contributed by atoms with Gasteiger partial charge in [-0.3, -0.25) is 0 Å². The smallest absolute Gasteiger partial charge is 0.200 e. The lowest BCUT2D eigenvalue weighted by atomic mass is 9.93. The lowest BCUT2D eigenvalue weighted by molar-refractivity contribution is 0.0197. The second-order valence-corrected chi connectivity index (χ2v) is 5.65. The van der Waals surface area contributed by atoms with Crippen LogP contribution in [0.5, 0.6) is 34.5 Å². The maximum Gasteiger partial charge on any atom is 0.200 e. The van der Waals surface area contributed by atoms with Crippen LogP contribution in [-0.2, 0) is 6.42 Å². The van der Waals surface area contributed by atoms with Gasteiger partial charge in [0.2, 0.25) is 0 Å². The summed E-state index contributed by atoms with van der Waals surface area (Å²) in [5.74, 6) is -1.02. The minimum absolute atomic E-state index is 0.0527. The third kappa shape index (κ3) is 2.79. The second kappa shape index (κ2) is 5.85. The van der Waals surface area contributed by atoms with Crippen LogP contribution in [0.1, 0.15) is 17.2 Å². The van der Waals surface area contributed by atoms with Crippen molar-refractivity contribution in [1.29, 1.82) is 0 Å². The van der Waals surface area contributed by atoms with E-state index in [1.165, 1.54) is 18.2 Å². The van der Waals surface area contributed by atoms with Crippen LogP contribution in [-0.4, -0.2) is 31.6 Å². The van der Waals surface area contributed by atoms with E-state index in [0.717, 1.165) is 0 Å². The summed E-state index contributed by atoms with van der Waals surface area (Å²) < 4.78 is 10.7. The number of rotatable bonds is 2. The molecule has 2 aromatic carbocycles. The largest absolute Gasteiger partial charge is 0.507 e. The van der Waals surface area contributed by atoms with Crippen molar-refractivity contribution in [3.05, 3.63) is 35.4 Å². The number of hydrogen-bond acceptors (Lipinski definition) is 7. The van der Waals surface area contributed by atoms with E-state index in [1.807, 2.05) is 0 Å². The molecular formula is C15H13IO7. The summed E-state index contributed by atoms with van der Waals surface area (Å²) in [4.78, 5) is 0. The standard InChI is InChI=1S/C15H13IO7/c16-23-7-3-9(17)8-5-12(20)15(22-13(8)4-7)6-1-10(18)14(21)11(19)2-6/h1-4,12,15,17-21H,5H2/t12-,15-/m1/s1. The molecule has 0 amide bonds. The monoisotopic (exact) mass is 432 g/mol. The van der Waals surface area contributed by atoms with Crippen molar-refractivity contribution in [2.45, 2.75) is 18.6 Å². The Labute approximate surface area is 145 Å². The molecule has 23 heavy (non-hydrogen) atoms. The van der Waals surface area contributed by atoms with Crippen LogP contribution in [0.15, 0.2) is 24.3 Å². The Morgan fingerprint density at radius 2 is 1.65 bits per heavy atom. The molecule has 0 unspecified atom stereocenters. The Bertz CT molecular complexity index is 739. The topological polar surface area (TPSA) is 120 Å². The molecule has 122 valence electrons. The van der Waals surface area contributed by atoms with E-state index in [2.05, 4.69) is 0 Å². The van der Waals surface area contributed by atoms with E-state index in [9.17, 15) is 25.5 Å². The van der Waals surface area contributed by atoms with Gasteiger partial charge in [-0.05, 0) is 12.1 Å². The van der Waals surface area contributed by atoms with E-state index in [4.69, 9.17) is 7.80 Å². The van der Waals surface area contributed by atoms with Crippen LogP contribution < -0.4 is 7.80 Å². The Hall–Kier alpha value is -2.07. The predicted octanol–water partition coefficient (Wildman–Crippen LogP) is 2.27. The predicted molar refractivity (Wildman–Crippen MR) is 87.3 cm³/mol. The highest BCUT2D eigenvalue weighted by Gasteiger charge is 2.33. The van der Waals surface area contributed by atoms with Crippen LogP contribution in [0.3, 0.4) is 0 Å². The summed E-state index contributed by atoms with van der Waals surface area (Å²) in [5.41, 5.74) is 0.731. The summed E-state index contributed by atoms with van der Waals surface area (Å²) in [5, 5.41) is 48.9. The van der Waals surface area contributed by atoms with Crippen LogP contribution in [0.2, 0.25) is 0 Å². The average Bonchev–Trinajstić information content (AvgIpc) is 2.52. The fourth-order valence-electron chi connectivity index (χ4n) is 2.57. The number of halogens is 1. The molecule has 0 spiro atoms. The Morgan fingerprint density at radius 1 is 1.00 bits per heavy atom. The normalized spacial score (nSPS) is 19.7. The lowest BCUT2D eigenvalue weighted by Gasteiger charge is -2.31. The molecular weight excluding hydrogens is 419 g/mol. The first kappa shape index (κ1) is 15.8. The number of phenols is 4. The summed E-state index contributed by atoms with van der Waals surface area (Å²) in [6.45, 7) is 0. The summed E-state index contributed by atoms with van der Waals surface area (Å²) in [6, 6.07) is 5.39. The number of fused-ring (bicyclic) bond motifs is 1. The number of aliphatic hydroxyl groups excluding tert-OH is 1. The number of phenolic OH excluding ortho intramolecular Hbond substituents is 4. The molecule has 2 aromatic rings. The Kier molecular flexibility index (Phi) is 4.02. The highest BCUT2D eigenvalue weighted by Crippen LogP contribution is 2.44. The SMILES string of the molecule is Oc1cc([C@H]2Oc3cc(OI)cc(O)c3C[C@H]2O)cc(O)c1O. The van der Waals surface area contributed by atoms with Gasteiger partial charge in [-0.15, -0.1) is 0 Å². The van der Waals surface area contributed by atoms with E-state index < -0.39 is 29.5 Å².